The molecule has 0 bridgehead atoms. The largest absolute Gasteiger partial charge is 0.497 e. The monoisotopic (exact) mass is 404 g/mol. The molecule has 0 aliphatic carbocycles. The molecule has 160 valence electrons. The smallest absolute Gasteiger partial charge is 0.124 e. The quantitative estimate of drug-likeness (QED) is 0.479. The molecule has 2 heterocycles. The first-order valence-corrected chi connectivity index (χ1v) is 10.2. The zero-order valence-electron chi connectivity index (χ0n) is 17.0. The summed E-state index contributed by atoms with van der Waals surface area (Å²) in [5.74, 6) is 1.51. The van der Waals surface area contributed by atoms with Crippen molar-refractivity contribution in [3.63, 3.8) is 0 Å². The molecule has 0 amide bonds. The van der Waals surface area contributed by atoms with Gasteiger partial charge in [0, 0.05) is 50.7 Å². The van der Waals surface area contributed by atoms with E-state index in [0.29, 0.717) is 13.1 Å². The van der Waals surface area contributed by atoms with E-state index in [-0.39, 0.29) is 12.7 Å². The van der Waals surface area contributed by atoms with Crippen molar-refractivity contribution in [2.75, 3.05) is 39.9 Å². The van der Waals surface area contributed by atoms with Crippen LogP contribution in [0.3, 0.4) is 0 Å². The highest BCUT2D eigenvalue weighted by atomic mass is 16.5. The first-order chi connectivity index (χ1) is 14.1. The minimum atomic E-state index is -0.576. The summed E-state index contributed by atoms with van der Waals surface area (Å²) < 4.78 is 13.1. The maximum absolute atomic E-state index is 10.4. The van der Waals surface area contributed by atoms with Crippen molar-refractivity contribution in [3.05, 3.63) is 42.2 Å². The van der Waals surface area contributed by atoms with Gasteiger partial charge in [0.1, 0.15) is 24.2 Å². The fraction of sp³-hybridized carbons (Fsp3) is 0.571. The van der Waals surface area contributed by atoms with Crippen molar-refractivity contribution in [1.82, 2.24) is 20.0 Å². The Kier molecular flexibility index (Phi) is 8.30. The molecule has 1 atom stereocenters. The second-order valence-electron chi connectivity index (χ2n) is 7.42. The number of hydrogen-bond donors (Lipinski definition) is 3. The van der Waals surface area contributed by atoms with E-state index in [9.17, 15) is 10.2 Å². The van der Waals surface area contributed by atoms with Crippen LogP contribution in [0.5, 0.6) is 11.5 Å². The average Bonchev–Trinajstić information content (AvgIpc) is 3.25. The number of rotatable bonds is 11. The number of methoxy groups -OCH3 is 1. The van der Waals surface area contributed by atoms with Gasteiger partial charge in [-0.15, -0.1) is 0 Å². The van der Waals surface area contributed by atoms with Crippen LogP contribution in [0.1, 0.15) is 18.4 Å². The predicted molar refractivity (Wildman–Crippen MR) is 110 cm³/mol. The lowest BCUT2D eigenvalue weighted by Crippen LogP contribution is -2.41. The normalized spacial score (nSPS) is 16.7. The summed E-state index contributed by atoms with van der Waals surface area (Å²) in [5.41, 5.74) is 0.984. The Morgan fingerprint density at radius 1 is 1.31 bits per heavy atom. The molecule has 8 heteroatoms. The van der Waals surface area contributed by atoms with E-state index >= 15 is 0 Å². The first kappa shape index (κ1) is 21.6. The lowest BCUT2D eigenvalue weighted by Gasteiger charge is -2.31. The molecule has 3 rings (SSSR count). The molecule has 1 saturated heterocycles. The summed E-state index contributed by atoms with van der Waals surface area (Å²) in [6, 6.07) is 7.61. The maximum atomic E-state index is 10.4. The van der Waals surface area contributed by atoms with Crippen molar-refractivity contribution in [3.8, 4) is 11.5 Å². The molecule has 8 nitrogen and oxygen atoms in total. The standard InChI is InChI=1S/C21H32N4O4/c1-28-20-3-4-21(17(13-20)14-22-8-12-25-9-2-7-23-25)29-16-19(27)15-24-10-5-18(26)6-11-24/h2-4,7,9,13,18-19,22,26-27H,5-6,8,10-12,14-16H2,1H3. The van der Waals surface area contributed by atoms with Crippen LogP contribution in [0, 0.1) is 0 Å². The van der Waals surface area contributed by atoms with Gasteiger partial charge < -0.3 is 29.9 Å². The summed E-state index contributed by atoms with van der Waals surface area (Å²) >= 11 is 0. The van der Waals surface area contributed by atoms with E-state index in [2.05, 4.69) is 15.3 Å². The Bertz CT molecular complexity index is 717. The van der Waals surface area contributed by atoms with Gasteiger partial charge in [0.15, 0.2) is 0 Å². The highest BCUT2D eigenvalue weighted by Crippen LogP contribution is 2.24. The van der Waals surface area contributed by atoms with Gasteiger partial charge in [-0.05, 0) is 37.1 Å². The van der Waals surface area contributed by atoms with Crippen LogP contribution < -0.4 is 14.8 Å². The third-order valence-electron chi connectivity index (χ3n) is 5.12. The molecule has 1 aromatic heterocycles. The summed E-state index contributed by atoms with van der Waals surface area (Å²) in [7, 11) is 1.64. The lowest BCUT2D eigenvalue weighted by molar-refractivity contribution is 0.0336. The van der Waals surface area contributed by atoms with Gasteiger partial charge in [-0.2, -0.15) is 5.10 Å². The molecule has 1 fully saturated rings. The number of hydrogen-bond acceptors (Lipinski definition) is 7. The van der Waals surface area contributed by atoms with Crippen LogP contribution in [-0.2, 0) is 13.1 Å². The van der Waals surface area contributed by atoms with Crippen LogP contribution >= 0.6 is 0 Å². The van der Waals surface area contributed by atoms with Crippen molar-refractivity contribution >= 4 is 0 Å². The average molecular weight is 405 g/mol. The number of ether oxygens (including phenoxy) is 2. The summed E-state index contributed by atoms with van der Waals surface area (Å²) in [5, 5.41) is 27.5. The molecule has 0 spiro atoms. The van der Waals surface area contributed by atoms with Crippen LogP contribution in [0.4, 0.5) is 0 Å². The number of likely N-dealkylation sites (tertiary alicyclic amines) is 1. The number of aliphatic hydroxyl groups is 2. The highest BCUT2D eigenvalue weighted by molar-refractivity contribution is 5.40. The molecular weight excluding hydrogens is 372 g/mol. The Morgan fingerprint density at radius 3 is 2.86 bits per heavy atom. The summed E-state index contributed by atoms with van der Waals surface area (Å²) in [4.78, 5) is 2.17. The topological polar surface area (TPSA) is 92.0 Å². The Labute approximate surface area is 172 Å². The third kappa shape index (κ3) is 7.01. The molecule has 2 aromatic rings. The second-order valence-corrected chi connectivity index (χ2v) is 7.42. The number of aromatic nitrogens is 2. The SMILES string of the molecule is COc1ccc(OCC(O)CN2CCC(O)CC2)c(CNCCn2cccn2)c1. The van der Waals surface area contributed by atoms with Gasteiger partial charge >= 0.3 is 0 Å². The van der Waals surface area contributed by atoms with E-state index in [1.165, 1.54) is 0 Å². The van der Waals surface area contributed by atoms with E-state index in [0.717, 1.165) is 56.1 Å². The Balaban J connectivity index is 1.48. The first-order valence-electron chi connectivity index (χ1n) is 10.2. The number of piperidine rings is 1. The van der Waals surface area contributed by atoms with Crippen molar-refractivity contribution in [2.45, 2.75) is 38.1 Å². The maximum Gasteiger partial charge on any atom is 0.124 e. The summed E-state index contributed by atoms with van der Waals surface area (Å²) in [6.45, 7) is 4.61. The predicted octanol–water partition coefficient (Wildman–Crippen LogP) is 0.878. The van der Waals surface area contributed by atoms with Crippen molar-refractivity contribution in [2.24, 2.45) is 0 Å². The molecule has 1 aliphatic heterocycles. The van der Waals surface area contributed by atoms with Gasteiger partial charge in [-0.25, -0.2) is 0 Å². The number of nitrogens with one attached hydrogen (secondary N) is 1. The molecule has 1 aliphatic rings. The second kappa shape index (κ2) is 11.2. The number of benzene rings is 1. The molecular formula is C21H32N4O4. The lowest BCUT2D eigenvalue weighted by atomic mass is 10.1. The van der Waals surface area contributed by atoms with Crippen LogP contribution in [-0.4, -0.2) is 77.0 Å². The Morgan fingerprint density at radius 2 is 2.14 bits per heavy atom. The zero-order chi connectivity index (χ0) is 20.5. The fourth-order valence-corrected chi connectivity index (χ4v) is 3.45. The van der Waals surface area contributed by atoms with Gasteiger partial charge in [-0.3, -0.25) is 4.68 Å². The van der Waals surface area contributed by atoms with Crippen LogP contribution in [0.2, 0.25) is 0 Å². The summed E-state index contributed by atoms with van der Waals surface area (Å²) in [6.07, 6.45) is 4.45. The Hall–Kier alpha value is -2.13. The minimum absolute atomic E-state index is 0.206. The van der Waals surface area contributed by atoms with Crippen LogP contribution in [0.25, 0.3) is 0 Å². The number of nitrogens with zero attached hydrogens (tertiary/aromatic N) is 3. The third-order valence-corrected chi connectivity index (χ3v) is 5.12. The van der Waals surface area contributed by atoms with Gasteiger partial charge in [0.05, 0.1) is 19.8 Å². The highest BCUT2D eigenvalue weighted by Gasteiger charge is 2.19. The minimum Gasteiger partial charge on any atom is -0.497 e. The molecule has 0 saturated carbocycles. The fourth-order valence-electron chi connectivity index (χ4n) is 3.45. The van der Waals surface area contributed by atoms with E-state index in [4.69, 9.17) is 9.47 Å². The molecule has 29 heavy (non-hydrogen) atoms. The van der Waals surface area contributed by atoms with E-state index in [1.807, 2.05) is 35.1 Å². The van der Waals surface area contributed by atoms with Gasteiger partial charge in [0.25, 0.3) is 0 Å². The number of β-amino-alcohol motifs (C(OH)–C–C–N with tert-alkyl or cyclic N) is 1. The van der Waals surface area contributed by atoms with Gasteiger partial charge in [0.2, 0.25) is 0 Å². The van der Waals surface area contributed by atoms with Crippen molar-refractivity contribution in [1.29, 1.82) is 0 Å². The number of aliphatic hydroxyl groups excluding tert-OH is 2. The van der Waals surface area contributed by atoms with Gasteiger partial charge in [-0.1, -0.05) is 0 Å². The molecule has 1 unspecified atom stereocenters. The molecule has 0 radical (unpaired) electrons. The van der Waals surface area contributed by atoms with E-state index < -0.39 is 6.10 Å². The molecule has 3 N–H and O–H groups in total. The molecule has 1 aromatic carbocycles. The zero-order valence-corrected chi connectivity index (χ0v) is 17.0. The van der Waals surface area contributed by atoms with E-state index in [1.54, 1.807) is 13.3 Å². The van der Waals surface area contributed by atoms with Crippen molar-refractivity contribution < 1.29 is 19.7 Å². The van der Waals surface area contributed by atoms with Crippen LogP contribution in [0.15, 0.2) is 36.7 Å².